The summed E-state index contributed by atoms with van der Waals surface area (Å²) in [6.45, 7) is 1.44. The van der Waals surface area contributed by atoms with Gasteiger partial charge in [0.15, 0.2) is 6.10 Å². The van der Waals surface area contributed by atoms with E-state index in [0.29, 0.717) is 0 Å². The lowest BCUT2D eigenvalue weighted by Gasteiger charge is -2.14. The van der Waals surface area contributed by atoms with Crippen LogP contribution >= 0.6 is 0 Å². The van der Waals surface area contributed by atoms with Gasteiger partial charge in [-0.25, -0.2) is 0 Å². The Labute approximate surface area is 68.0 Å². The third-order valence-corrected chi connectivity index (χ3v) is 2.25. The van der Waals surface area contributed by atoms with Crippen molar-refractivity contribution < 1.29 is 23.4 Å². The van der Waals surface area contributed by atoms with Crippen molar-refractivity contribution >= 4 is 0 Å². The van der Waals surface area contributed by atoms with Crippen LogP contribution in [-0.2, 0) is 0 Å². The zero-order chi connectivity index (χ0) is 9.52. The van der Waals surface area contributed by atoms with Gasteiger partial charge in [-0.3, -0.25) is 0 Å². The maximum atomic E-state index is 11.8. The van der Waals surface area contributed by atoms with Gasteiger partial charge in [0.05, 0.1) is 6.10 Å². The lowest BCUT2D eigenvalue weighted by molar-refractivity contribution is -0.211. The second-order valence-corrected chi connectivity index (χ2v) is 3.29. The minimum absolute atomic E-state index is 0.262. The molecule has 0 aromatic heterocycles. The van der Waals surface area contributed by atoms with Crippen molar-refractivity contribution in [2.24, 2.45) is 11.8 Å². The maximum Gasteiger partial charge on any atom is 0.414 e. The average Bonchev–Trinajstić information content (AvgIpc) is 2.61. The second-order valence-electron chi connectivity index (χ2n) is 3.29. The van der Waals surface area contributed by atoms with E-state index in [-0.39, 0.29) is 12.3 Å². The number of aliphatic hydroxyl groups is 2. The summed E-state index contributed by atoms with van der Waals surface area (Å²) in [5, 5.41) is 17.6. The van der Waals surface area contributed by atoms with E-state index < -0.39 is 24.3 Å². The zero-order valence-corrected chi connectivity index (χ0v) is 6.54. The van der Waals surface area contributed by atoms with E-state index in [1.165, 1.54) is 6.92 Å². The molecule has 2 unspecified atom stereocenters. The summed E-state index contributed by atoms with van der Waals surface area (Å²) in [6.07, 6.45) is -7.31. The van der Waals surface area contributed by atoms with Gasteiger partial charge in [-0.15, -0.1) is 0 Å². The van der Waals surface area contributed by atoms with Gasteiger partial charge in [0.1, 0.15) is 0 Å². The highest BCUT2D eigenvalue weighted by Gasteiger charge is 2.54. The Bertz CT molecular complexity index is 167. The Morgan fingerprint density at radius 3 is 2.00 bits per heavy atom. The molecule has 1 saturated carbocycles. The summed E-state index contributed by atoms with van der Waals surface area (Å²) in [6, 6.07) is 0. The van der Waals surface area contributed by atoms with Crippen LogP contribution in [0.15, 0.2) is 0 Å². The van der Waals surface area contributed by atoms with Crippen LogP contribution in [0, 0.1) is 11.8 Å². The third-order valence-electron chi connectivity index (χ3n) is 2.25. The van der Waals surface area contributed by atoms with Crippen LogP contribution in [0.5, 0.6) is 0 Å². The second kappa shape index (κ2) is 2.88. The Morgan fingerprint density at radius 1 is 1.25 bits per heavy atom. The van der Waals surface area contributed by atoms with E-state index in [9.17, 15) is 13.2 Å². The van der Waals surface area contributed by atoms with Gasteiger partial charge in [-0.05, 0) is 25.2 Å². The van der Waals surface area contributed by atoms with Crippen molar-refractivity contribution in [3.8, 4) is 0 Å². The van der Waals surface area contributed by atoms with Gasteiger partial charge < -0.3 is 10.2 Å². The van der Waals surface area contributed by atoms with Gasteiger partial charge >= 0.3 is 6.18 Å². The van der Waals surface area contributed by atoms with Crippen molar-refractivity contribution in [2.75, 3.05) is 0 Å². The minimum Gasteiger partial charge on any atom is -0.393 e. The molecule has 1 aliphatic carbocycles. The van der Waals surface area contributed by atoms with Crippen molar-refractivity contribution in [1.82, 2.24) is 0 Å². The molecule has 12 heavy (non-hydrogen) atoms. The van der Waals surface area contributed by atoms with Crippen LogP contribution in [0.1, 0.15) is 13.3 Å². The lowest BCUT2D eigenvalue weighted by atomic mass is 10.1. The van der Waals surface area contributed by atoms with E-state index in [2.05, 4.69) is 0 Å². The first-order valence-corrected chi connectivity index (χ1v) is 3.77. The topological polar surface area (TPSA) is 40.5 Å². The lowest BCUT2D eigenvalue weighted by Crippen LogP contribution is -2.31. The largest absolute Gasteiger partial charge is 0.414 e. The molecule has 2 nitrogen and oxygen atoms in total. The molecule has 0 aromatic carbocycles. The standard InChI is InChI=1S/C7H11F3O2/c1-3(11)4-2-5(4)6(12)7(8,9)10/h3-6,11-12H,2H2,1H3/t3-,4?,5+,6?/m0/s1. The van der Waals surface area contributed by atoms with E-state index in [0.717, 1.165) is 0 Å². The van der Waals surface area contributed by atoms with Gasteiger partial charge in [0.2, 0.25) is 0 Å². The number of hydrogen-bond acceptors (Lipinski definition) is 2. The first-order valence-electron chi connectivity index (χ1n) is 3.77. The van der Waals surface area contributed by atoms with E-state index >= 15 is 0 Å². The highest BCUT2D eigenvalue weighted by molar-refractivity contribution is 4.96. The molecule has 0 saturated heterocycles. The number of alkyl halides is 3. The fraction of sp³-hybridized carbons (Fsp3) is 1.00. The summed E-state index contributed by atoms with van der Waals surface area (Å²) >= 11 is 0. The first kappa shape index (κ1) is 9.80. The van der Waals surface area contributed by atoms with Crippen LogP contribution in [0.4, 0.5) is 13.2 Å². The van der Waals surface area contributed by atoms with Crippen molar-refractivity contribution in [2.45, 2.75) is 31.7 Å². The normalized spacial score (nSPS) is 34.5. The van der Waals surface area contributed by atoms with E-state index in [4.69, 9.17) is 10.2 Å². The molecule has 1 rings (SSSR count). The van der Waals surface area contributed by atoms with Gasteiger partial charge in [0, 0.05) is 0 Å². The predicted octanol–water partition coefficient (Wildman–Crippen LogP) is 0.927. The highest BCUT2D eigenvalue weighted by Crippen LogP contribution is 2.47. The van der Waals surface area contributed by atoms with Crippen LogP contribution in [0.2, 0.25) is 0 Å². The molecule has 0 aromatic rings. The molecule has 0 radical (unpaired) electrons. The summed E-state index contributed by atoms with van der Waals surface area (Å²) in [4.78, 5) is 0. The van der Waals surface area contributed by atoms with Gasteiger partial charge in [-0.1, -0.05) is 0 Å². The number of aliphatic hydroxyl groups excluding tert-OH is 2. The van der Waals surface area contributed by atoms with E-state index in [1.54, 1.807) is 0 Å². The molecule has 4 atom stereocenters. The Morgan fingerprint density at radius 2 is 1.75 bits per heavy atom. The monoisotopic (exact) mass is 184 g/mol. The van der Waals surface area contributed by atoms with E-state index in [1.807, 2.05) is 0 Å². The van der Waals surface area contributed by atoms with Crippen LogP contribution in [0.3, 0.4) is 0 Å². The molecule has 1 fully saturated rings. The molecule has 72 valence electrons. The Balaban J connectivity index is 2.43. The van der Waals surface area contributed by atoms with Gasteiger partial charge in [-0.2, -0.15) is 13.2 Å². The molecular weight excluding hydrogens is 173 g/mol. The maximum absolute atomic E-state index is 11.8. The molecular formula is C7H11F3O2. The van der Waals surface area contributed by atoms with Crippen molar-refractivity contribution in [1.29, 1.82) is 0 Å². The fourth-order valence-corrected chi connectivity index (χ4v) is 1.40. The molecule has 0 aliphatic heterocycles. The minimum atomic E-state index is -4.55. The smallest absolute Gasteiger partial charge is 0.393 e. The average molecular weight is 184 g/mol. The SMILES string of the molecule is C[C@H](O)C1C[C@H]1C(O)C(F)(F)F. The number of halogens is 3. The van der Waals surface area contributed by atoms with Crippen LogP contribution in [0.25, 0.3) is 0 Å². The molecule has 0 amide bonds. The van der Waals surface area contributed by atoms with Crippen LogP contribution in [-0.4, -0.2) is 28.6 Å². The molecule has 0 spiro atoms. The molecule has 1 aliphatic rings. The van der Waals surface area contributed by atoms with Crippen LogP contribution < -0.4 is 0 Å². The fourth-order valence-electron chi connectivity index (χ4n) is 1.40. The Kier molecular flexibility index (Phi) is 2.35. The summed E-state index contributed by atoms with van der Waals surface area (Å²) in [5.74, 6) is -1.19. The number of rotatable bonds is 2. The third kappa shape index (κ3) is 1.90. The summed E-state index contributed by atoms with van der Waals surface area (Å²) in [7, 11) is 0. The van der Waals surface area contributed by atoms with Gasteiger partial charge in [0.25, 0.3) is 0 Å². The quantitative estimate of drug-likeness (QED) is 0.670. The summed E-state index contributed by atoms with van der Waals surface area (Å²) < 4.78 is 35.5. The Hall–Kier alpha value is -0.290. The molecule has 0 bridgehead atoms. The molecule has 5 heteroatoms. The number of hydrogen-bond donors (Lipinski definition) is 2. The zero-order valence-electron chi connectivity index (χ0n) is 6.54. The first-order chi connectivity index (χ1) is 5.34. The molecule has 2 N–H and O–H groups in total. The summed E-state index contributed by atoms with van der Waals surface area (Å²) in [5.41, 5.74) is 0. The molecule has 0 heterocycles. The van der Waals surface area contributed by atoms with Crippen molar-refractivity contribution in [3.05, 3.63) is 0 Å². The highest BCUT2D eigenvalue weighted by atomic mass is 19.4. The van der Waals surface area contributed by atoms with Crippen molar-refractivity contribution in [3.63, 3.8) is 0 Å². The predicted molar refractivity (Wildman–Crippen MR) is 35.3 cm³/mol.